The van der Waals surface area contributed by atoms with Gasteiger partial charge < -0.3 is 28.7 Å². The number of pyridine rings is 1. The van der Waals surface area contributed by atoms with Gasteiger partial charge in [-0.3, -0.25) is 4.79 Å². The number of aromatic nitrogens is 1. The lowest BCUT2D eigenvalue weighted by molar-refractivity contribution is -0.207. The van der Waals surface area contributed by atoms with E-state index in [1.165, 1.54) is 0 Å². The molecule has 9 heteroatoms. The van der Waals surface area contributed by atoms with Crippen molar-refractivity contribution in [2.75, 3.05) is 0 Å². The molecule has 1 aromatic heterocycles. The number of halogens is 1. The van der Waals surface area contributed by atoms with E-state index in [2.05, 4.69) is 5.16 Å². The van der Waals surface area contributed by atoms with Crippen LogP contribution in [0.5, 0.6) is 0 Å². The number of nitrogens with zero attached hydrogens (tertiary/aromatic N) is 2. The molecule has 33 heavy (non-hydrogen) atoms. The van der Waals surface area contributed by atoms with Crippen LogP contribution in [0.25, 0.3) is 21.8 Å². The molecule has 4 heterocycles. The first-order chi connectivity index (χ1) is 15.8. The van der Waals surface area contributed by atoms with Crippen molar-refractivity contribution in [3.63, 3.8) is 0 Å². The van der Waals surface area contributed by atoms with Crippen LogP contribution in [-0.2, 0) is 25.6 Å². The molecule has 2 aromatic carbocycles. The molecule has 6 rings (SSSR count). The number of aliphatic hydroxyl groups is 1. The van der Waals surface area contributed by atoms with Gasteiger partial charge in [0.05, 0.1) is 23.3 Å². The van der Waals surface area contributed by atoms with Gasteiger partial charge in [-0.2, -0.15) is 0 Å². The first kappa shape index (κ1) is 21.1. The van der Waals surface area contributed by atoms with Crippen molar-refractivity contribution >= 4 is 39.1 Å². The van der Waals surface area contributed by atoms with Crippen molar-refractivity contribution in [1.29, 1.82) is 0 Å². The lowest BCUT2D eigenvalue weighted by atomic mass is 10.0. The molecule has 3 aliphatic rings. The van der Waals surface area contributed by atoms with E-state index >= 15 is 0 Å². The predicted octanol–water partition coefficient (Wildman–Crippen LogP) is 3.19. The van der Waals surface area contributed by atoms with Gasteiger partial charge in [0, 0.05) is 22.2 Å². The predicted molar refractivity (Wildman–Crippen MR) is 122 cm³/mol. The fraction of sp³-hybridized carbons (Fsp3) is 0.417. The van der Waals surface area contributed by atoms with Gasteiger partial charge in [0.1, 0.15) is 18.3 Å². The van der Waals surface area contributed by atoms with Gasteiger partial charge in [0.2, 0.25) is 0 Å². The van der Waals surface area contributed by atoms with Crippen LogP contribution >= 0.6 is 11.6 Å². The van der Waals surface area contributed by atoms with Gasteiger partial charge in [-0.25, -0.2) is 0 Å². The van der Waals surface area contributed by atoms with Gasteiger partial charge in [0.25, 0.3) is 0 Å². The molecule has 0 aliphatic carbocycles. The standard InChI is InChI=1S/C24H23ClN2O6/c1-24(2)31-22-20(29)21(30-23(22)32-24)16-10-13(33-26-16)11-27-17-6-4-3-5-14(17)19(28)15-8-7-12(25)9-18(15)27/h3-9,13,20-23,29H,10-11H2,1-2H3/t13?,20-,21+,22+,23+/m0/s1. The van der Waals surface area contributed by atoms with Gasteiger partial charge in [-0.15, -0.1) is 0 Å². The summed E-state index contributed by atoms with van der Waals surface area (Å²) in [4.78, 5) is 18.7. The Hall–Kier alpha value is -2.49. The Labute approximate surface area is 194 Å². The van der Waals surface area contributed by atoms with Crippen molar-refractivity contribution in [1.82, 2.24) is 4.57 Å². The largest absolute Gasteiger partial charge is 0.390 e. The average Bonchev–Trinajstić information content (AvgIpc) is 3.44. The summed E-state index contributed by atoms with van der Waals surface area (Å²) >= 11 is 6.27. The maximum atomic E-state index is 13.0. The minimum atomic E-state index is -0.897. The zero-order valence-electron chi connectivity index (χ0n) is 18.1. The van der Waals surface area contributed by atoms with Crippen LogP contribution < -0.4 is 5.43 Å². The Kier molecular flexibility index (Phi) is 4.80. The first-order valence-electron chi connectivity index (χ1n) is 10.9. The third-order valence-electron chi connectivity index (χ3n) is 6.42. The van der Waals surface area contributed by atoms with E-state index in [0.717, 1.165) is 11.0 Å². The number of oxime groups is 1. The molecule has 2 fully saturated rings. The van der Waals surface area contributed by atoms with Crippen molar-refractivity contribution in [3.05, 3.63) is 57.7 Å². The van der Waals surface area contributed by atoms with E-state index in [1.807, 2.05) is 28.8 Å². The smallest absolute Gasteiger partial charge is 0.197 e. The lowest BCUT2D eigenvalue weighted by Crippen LogP contribution is -2.38. The maximum Gasteiger partial charge on any atom is 0.197 e. The summed E-state index contributed by atoms with van der Waals surface area (Å²) in [5.74, 6) is -0.800. The Balaban J connectivity index is 1.28. The highest BCUT2D eigenvalue weighted by Crippen LogP contribution is 2.39. The van der Waals surface area contributed by atoms with Gasteiger partial charge in [0.15, 0.2) is 23.6 Å². The summed E-state index contributed by atoms with van der Waals surface area (Å²) in [5.41, 5.74) is 2.11. The van der Waals surface area contributed by atoms with Gasteiger partial charge in [-0.1, -0.05) is 28.9 Å². The van der Waals surface area contributed by atoms with Crippen LogP contribution in [0.15, 0.2) is 52.4 Å². The number of benzene rings is 2. The summed E-state index contributed by atoms with van der Waals surface area (Å²) in [7, 11) is 0. The molecule has 2 saturated heterocycles. The van der Waals surface area contributed by atoms with Crippen molar-refractivity contribution in [2.24, 2.45) is 5.16 Å². The number of fused-ring (bicyclic) bond motifs is 3. The molecule has 1 N–H and O–H groups in total. The number of hydrogen-bond donors (Lipinski definition) is 1. The minimum absolute atomic E-state index is 0.0326. The molecular weight excluding hydrogens is 448 g/mol. The van der Waals surface area contributed by atoms with Crippen LogP contribution in [-0.4, -0.2) is 51.9 Å². The fourth-order valence-electron chi connectivity index (χ4n) is 4.98. The molecule has 5 atom stereocenters. The van der Waals surface area contributed by atoms with E-state index in [9.17, 15) is 9.90 Å². The van der Waals surface area contributed by atoms with Crippen molar-refractivity contribution < 1.29 is 24.2 Å². The van der Waals surface area contributed by atoms with Crippen LogP contribution in [0.3, 0.4) is 0 Å². The summed E-state index contributed by atoms with van der Waals surface area (Å²) in [6, 6.07) is 12.8. The molecule has 8 nitrogen and oxygen atoms in total. The molecule has 3 aromatic rings. The van der Waals surface area contributed by atoms with Gasteiger partial charge in [-0.05, 0) is 44.2 Å². The quantitative estimate of drug-likeness (QED) is 0.591. The maximum absolute atomic E-state index is 13.0. The molecule has 0 amide bonds. The van der Waals surface area contributed by atoms with Crippen LogP contribution in [0.4, 0.5) is 0 Å². The molecule has 3 aliphatic heterocycles. The van der Waals surface area contributed by atoms with E-state index < -0.39 is 30.4 Å². The minimum Gasteiger partial charge on any atom is -0.390 e. The molecule has 172 valence electrons. The number of para-hydroxylation sites is 1. The van der Waals surface area contributed by atoms with Crippen molar-refractivity contribution in [2.45, 2.75) is 63.3 Å². The Morgan fingerprint density at radius 3 is 2.76 bits per heavy atom. The second kappa shape index (κ2) is 7.51. The zero-order chi connectivity index (χ0) is 22.9. The summed E-state index contributed by atoms with van der Waals surface area (Å²) in [6.45, 7) is 4.02. The van der Waals surface area contributed by atoms with Crippen LogP contribution in [0.1, 0.15) is 20.3 Å². The molecule has 0 radical (unpaired) electrons. The highest BCUT2D eigenvalue weighted by Gasteiger charge is 2.56. The van der Waals surface area contributed by atoms with E-state index in [1.54, 1.807) is 32.0 Å². The highest BCUT2D eigenvalue weighted by molar-refractivity contribution is 6.31. The second-order valence-electron chi connectivity index (χ2n) is 9.15. The summed E-state index contributed by atoms with van der Waals surface area (Å²) in [6.07, 6.45) is -2.60. The lowest BCUT2D eigenvalue weighted by Gasteiger charge is -2.22. The third kappa shape index (κ3) is 3.45. The Bertz CT molecular complexity index is 1350. The second-order valence-corrected chi connectivity index (χ2v) is 9.58. The highest BCUT2D eigenvalue weighted by atomic mass is 35.5. The molecule has 0 bridgehead atoms. The van der Waals surface area contributed by atoms with Gasteiger partial charge >= 0.3 is 0 Å². The van der Waals surface area contributed by atoms with E-state index in [-0.39, 0.29) is 11.5 Å². The van der Waals surface area contributed by atoms with E-state index in [4.69, 9.17) is 30.6 Å². The number of aliphatic hydroxyl groups excluding tert-OH is 1. The Morgan fingerprint density at radius 2 is 1.94 bits per heavy atom. The first-order valence-corrected chi connectivity index (χ1v) is 11.3. The molecule has 0 saturated carbocycles. The molecule has 0 spiro atoms. The van der Waals surface area contributed by atoms with E-state index in [0.29, 0.717) is 34.5 Å². The number of hydrogen-bond acceptors (Lipinski definition) is 7. The zero-order valence-corrected chi connectivity index (χ0v) is 18.9. The van der Waals surface area contributed by atoms with Crippen LogP contribution in [0, 0.1) is 0 Å². The normalized spacial score (nSPS) is 30.5. The Morgan fingerprint density at radius 1 is 1.15 bits per heavy atom. The number of rotatable bonds is 3. The average molecular weight is 471 g/mol. The molecular formula is C24H23ClN2O6. The topological polar surface area (TPSA) is 91.5 Å². The monoisotopic (exact) mass is 470 g/mol. The summed E-state index contributed by atoms with van der Waals surface area (Å²) < 4.78 is 19.5. The number of ether oxygens (including phenoxy) is 3. The van der Waals surface area contributed by atoms with Crippen molar-refractivity contribution in [3.8, 4) is 0 Å². The SMILES string of the molecule is CC1(C)O[C@H]2O[C@H](C3=NOC(Cn4c5ccccc5c(=O)c5ccc(Cl)cc54)C3)[C@H](O)[C@H]2O1. The molecule has 1 unspecified atom stereocenters. The summed E-state index contributed by atoms with van der Waals surface area (Å²) in [5, 5.41) is 16.7. The van der Waals surface area contributed by atoms with Crippen LogP contribution in [0.2, 0.25) is 5.02 Å². The third-order valence-corrected chi connectivity index (χ3v) is 6.66. The fourth-order valence-corrected chi connectivity index (χ4v) is 5.15.